The average molecular weight is 234 g/mol. The molecule has 96 valence electrons. The number of benzene rings is 1. The van der Waals surface area contributed by atoms with Gasteiger partial charge in [-0.1, -0.05) is 29.8 Å². The van der Waals surface area contributed by atoms with Crippen molar-refractivity contribution < 1.29 is 0 Å². The first kappa shape index (κ1) is 14.2. The third-order valence-electron chi connectivity index (χ3n) is 3.12. The molecule has 0 fully saturated rings. The maximum Gasteiger partial charge on any atom is 0.0104 e. The molecule has 0 atom stereocenters. The number of nitrogens with one attached hydrogen (secondary N) is 1. The molecule has 1 aromatic rings. The second-order valence-electron chi connectivity index (χ2n) is 4.85. The molecule has 17 heavy (non-hydrogen) atoms. The summed E-state index contributed by atoms with van der Waals surface area (Å²) in [5.74, 6) is 0. The highest BCUT2D eigenvalue weighted by molar-refractivity contribution is 5.21. The maximum absolute atomic E-state index is 3.18. The second kappa shape index (κ2) is 8.26. The van der Waals surface area contributed by atoms with Crippen LogP contribution in [0.15, 0.2) is 24.3 Å². The van der Waals surface area contributed by atoms with Crippen molar-refractivity contribution in [3.8, 4) is 0 Å². The summed E-state index contributed by atoms with van der Waals surface area (Å²) in [4.78, 5) is 2.39. The highest BCUT2D eigenvalue weighted by Crippen LogP contribution is 2.07. The zero-order valence-corrected chi connectivity index (χ0v) is 11.5. The van der Waals surface area contributed by atoms with E-state index in [0.29, 0.717) is 0 Å². The molecule has 0 aromatic heterocycles. The van der Waals surface area contributed by atoms with Gasteiger partial charge in [-0.25, -0.2) is 0 Å². The zero-order chi connectivity index (χ0) is 12.5. The van der Waals surface area contributed by atoms with Crippen LogP contribution in [0.25, 0.3) is 0 Å². The number of hydrogen-bond donors (Lipinski definition) is 1. The SMILES string of the molecule is CNCCN(C)CCCCc1ccc(C)cc1. The van der Waals surface area contributed by atoms with Crippen LogP contribution in [0.4, 0.5) is 0 Å². The van der Waals surface area contributed by atoms with Crippen molar-refractivity contribution in [2.45, 2.75) is 26.2 Å². The summed E-state index contributed by atoms with van der Waals surface area (Å²) in [5, 5.41) is 3.18. The molecule has 1 rings (SSSR count). The van der Waals surface area contributed by atoms with Gasteiger partial charge in [-0.2, -0.15) is 0 Å². The van der Waals surface area contributed by atoms with Crippen molar-refractivity contribution in [1.29, 1.82) is 0 Å². The Morgan fingerprint density at radius 3 is 2.41 bits per heavy atom. The van der Waals surface area contributed by atoms with E-state index in [1.807, 2.05) is 7.05 Å². The smallest absolute Gasteiger partial charge is 0.0104 e. The van der Waals surface area contributed by atoms with Gasteiger partial charge in [0, 0.05) is 13.1 Å². The second-order valence-corrected chi connectivity index (χ2v) is 4.85. The summed E-state index contributed by atoms with van der Waals surface area (Å²) in [6, 6.07) is 8.91. The number of unbranched alkanes of at least 4 members (excludes halogenated alkanes) is 1. The van der Waals surface area contributed by atoms with Crippen molar-refractivity contribution in [2.24, 2.45) is 0 Å². The predicted octanol–water partition coefficient (Wildman–Crippen LogP) is 2.47. The molecule has 1 N–H and O–H groups in total. The van der Waals surface area contributed by atoms with E-state index < -0.39 is 0 Å². The lowest BCUT2D eigenvalue weighted by atomic mass is 10.1. The van der Waals surface area contributed by atoms with Gasteiger partial charge in [-0.3, -0.25) is 0 Å². The molecule has 0 bridgehead atoms. The monoisotopic (exact) mass is 234 g/mol. The van der Waals surface area contributed by atoms with Crippen LogP contribution in [0.3, 0.4) is 0 Å². The lowest BCUT2D eigenvalue weighted by Crippen LogP contribution is -2.28. The zero-order valence-electron chi connectivity index (χ0n) is 11.5. The number of likely N-dealkylation sites (N-methyl/N-ethyl adjacent to an activating group) is 2. The summed E-state index contributed by atoms with van der Waals surface area (Å²) in [6.45, 7) is 5.56. The van der Waals surface area contributed by atoms with Crippen LogP contribution in [0.5, 0.6) is 0 Å². The van der Waals surface area contributed by atoms with Crippen LogP contribution in [-0.2, 0) is 6.42 Å². The Balaban J connectivity index is 2.09. The average Bonchev–Trinajstić information content (AvgIpc) is 2.34. The van der Waals surface area contributed by atoms with Crippen molar-refractivity contribution >= 4 is 0 Å². The van der Waals surface area contributed by atoms with Gasteiger partial charge in [-0.15, -0.1) is 0 Å². The molecule has 0 saturated carbocycles. The molecule has 0 amide bonds. The van der Waals surface area contributed by atoms with E-state index in [1.54, 1.807) is 0 Å². The van der Waals surface area contributed by atoms with Crippen molar-refractivity contribution in [2.75, 3.05) is 33.7 Å². The van der Waals surface area contributed by atoms with Gasteiger partial charge < -0.3 is 10.2 Å². The summed E-state index contributed by atoms with van der Waals surface area (Å²) < 4.78 is 0. The molecular weight excluding hydrogens is 208 g/mol. The Labute approximate surface area is 106 Å². The topological polar surface area (TPSA) is 15.3 Å². The molecule has 0 radical (unpaired) electrons. The highest BCUT2D eigenvalue weighted by atomic mass is 15.1. The number of nitrogens with zero attached hydrogens (tertiary/aromatic N) is 1. The molecule has 0 aliphatic rings. The van der Waals surface area contributed by atoms with Crippen LogP contribution in [0.2, 0.25) is 0 Å². The number of hydrogen-bond acceptors (Lipinski definition) is 2. The van der Waals surface area contributed by atoms with Crippen molar-refractivity contribution in [3.63, 3.8) is 0 Å². The Bertz CT molecular complexity index is 292. The lowest BCUT2D eigenvalue weighted by molar-refractivity contribution is 0.327. The summed E-state index contributed by atoms with van der Waals surface area (Å²) in [7, 11) is 4.20. The first-order chi connectivity index (χ1) is 8.22. The molecule has 2 nitrogen and oxygen atoms in total. The fraction of sp³-hybridized carbons (Fsp3) is 0.600. The standard InChI is InChI=1S/C15H26N2/c1-14-7-9-15(10-8-14)6-4-5-12-17(3)13-11-16-2/h7-10,16H,4-6,11-13H2,1-3H3. The Hall–Kier alpha value is -0.860. The normalized spacial score (nSPS) is 11.1. The molecule has 0 saturated heterocycles. The van der Waals surface area contributed by atoms with Gasteiger partial charge in [0.05, 0.1) is 0 Å². The van der Waals surface area contributed by atoms with Crippen LogP contribution in [-0.4, -0.2) is 38.6 Å². The molecule has 0 spiro atoms. The summed E-state index contributed by atoms with van der Waals surface area (Å²) >= 11 is 0. The van der Waals surface area contributed by atoms with Crippen LogP contribution >= 0.6 is 0 Å². The van der Waals surface area contributed by atoms with E-state index in [-0.39, 0.29) is 0 Å². The van der Waals surface area contributed by atoms with Gasteiger partial charge in [0.15, 0.2) is 0 Å². The van der Waals surface area contributed by atoms with E-state index in [1.165, 1.54) is 36.9 Å². The van der Waals surface area contributed by atoms with Gasteiger partial charge in [0.2, 0.25) is 0 Å². The minimum absolute atomic E-state index is 1.08. The minimum Gasteiger partial charge on any atom is -0.318 e. The molecule has 0 heterocycles. The fourth-order valence-corrected chi connectivity index (χ4v) is 1.88. The number of aryl methyl sites for hydroxylation is 2. The predicted molar refractivity (Wildman–Crippen MR) is 75.5 cm³/mol. The fourth-order valence-electron chi connectivity index (χ4n) is 1.88. The van der Waals surface area contributed by atoms with Crippen LogP contribution < -0.4 is 5.32 Å². The molecular formula is C15H26N2. The van der Waals surface area contributed by atoms with E-state index in [4.69, 9.17) is 0 Å². The van der Waals surface area contributed by atoms with Crippen molar-refractivity contribution in [3.05, 3.63) is 35.4 Å². The van der Waals surface area contributed by atoms with Crippen molar-refractivity contribution in [1.82, 2.24) is 10.2 Å². The van der Waals surface area contributed by atoms with Crippen LogP contribution in [0, 0.1) is 6.92 Å². The van der Waals surface area contributed by atoms with Gasteiger partial charge in [0.1, 0.15) is 0 Å². The molecule has 2 heteroatoms. The van der Waals surface area contributed by atoms with Crippen LogP contribution in [0.1, 0.15) is 24.0 Å². The van der Waals surface area contributed by atoms with E-state index in [2.05, 4.69) is 48.5 Å². The minimum atomic E-state index is 1.08. The third kappa shape index (κ3) is 6.44. The summed E-state index contributed by atoms with van der Waals surface area (Å²) in [5.41, 5.74) is 2.81. The summed E-state index contributed by atoms with van der Waals surface area (Å²) in [6.07, 6.45) is 3.78. The first-order valence-electron chi connectivity index (χ1n) is 6.61. The van der Waals surface area contributed by atoms with E-state index in [0.717, 1.165) is 13.1 Å². The molecule has 0 unspecified atom stereocenters. The molecule has 1 aromatic carbocycles. The Kier molecular flexibility index (Phi) is 6.90. The molecule has 0 aliphatic heterocycles. The molecule has 0 aliphatic carbocycles. The first-order valence-corrected chi connectivity index (χ1v) is 6.61. The Morgan fingerprint density at radius 2 is 1.76 bits per heavy atom. The number of rotatable bonds is 8. The van der Waals surface area contributed by atoms with Gasteiger partial charge >= 0.3 is 0 Å². The maximum atomic E-state index is 3.18. The lowest BCUT2D eigenvalue weighted by Gasteiger charge is -2.15. The van der Waals surface area contributed by atoms with Gasteiger partial charge in [0.25, 0.3) is 0 Å². The van der Waals surface area contributed by atoms with E-state index >= 15 is 0 Å². The Morgan fingerprint density at radius 1 is 1.06 bits per heavy atom. The third-order valence-corrected chi connectivity index (χ3v) is 3.12. The highest BCUT2D eigenvalue weighted by Gasteiger charge is 1.98. The van der Waals surface area contributed by atoms with E-state index in [9.17, 15) is 0 Å². The quantitative estimate of drug-likeness (QED) is 0.695. The largest absolute Gasteiger partial charge is 0.318 e. The van der Waals surface area contributed by atoms with Gasteiger partial charge in [-0.05, 0) is 52.4 Å².